The quantitative estimate of drug-likeness (QED) is 0.216. The summed E-state index contributed by atoms with van der Waals surface area (Å²) in [5.74, 6) is -3.08. The number of aliphatic hydroxyl groups is 1. The van der Waals surface area contributed by atoms with Gasteiger partial charge in [0.2, 0.25) is 17.7 Å². The van der Waals surface area contributed by atoms with Crippen LogP contribution in [0.1, 0.15) is 49.3 Å². The minimum atomic E-state index is -1.17. The normalized spacial score (nSPS) is 25.1. The maximum atomic E-state index is 14.4. The highest BCUT2D eigenvalue weighted by Crippen LogP contribution is 2.58. The summed E-state index contributed by atoms with van der Waals surface area (Å²) in [4.78, 5) is 58.3. The molecule has 0 aliphatic carbocycles. The number of rotatable bonds is 16. The van der Waals surface area contributed by atoms with Gasteiger partial charge in [0.25, 0.3) is 0 Å². The van der Waals surface area contributed by atoms with Crippen LogP contribution < -0.4 is 5.32 Å². The van der Waals surface area contributed by atoms with Gasteiger partial charge in [-0.15, -0.1) is 13.2 Å². The molecule has 3 aliphatic heterocycles. The zero-order chi connectivity index (χ0) is 32.7. The van der Waals surface area contributed by atoms with E-state index in [-0.39, 0.29) is 56.9 Å². The van der Waals surface area contributed by atoms with Crippen molar-refractivity contribution in [3.8, 4) is 0 Å². The van der Waals surface area contributed by atoms with Crippen molar-refractivity contribution >= 4 is 23.7 Å². The number of ether oxygens (including phenoxy) is 2. The molecule has 2 N–H and O–H groups in total. The SMILES string of the molecule is C=CCCC(=O)OC[C@@H](NC(=O)[C@@H]1[C@H]2C(=O)N(CCCO)[C@H](C(=O)N(CC=C)Cc3ccccc3)[C@]23CC[C@H]1O3)c1ccccc1. The molecule has 0 unspecified atom stereocenters. The maximum absolute atomic E-state index is 14.4. The second-order valence-corrected chi connectivity index (χ2v) is 12.1. The van der Waals surface area contributed by atoms with Gasteiger partial charge >= 0.3 is 5.97 Å². The lowest BCUT2D eigenvalue weighted by molar-refractivity contribution is -0.148. The molecule has 0 aromatic heterocycles. The van der Waals surface area contributed by atoms with Crippen molar-refractivity contribution in [1.82, 2.24) is 15.1 Å². The summed E-state index contributed by atoms with van der Waals surface area (Å²) in [7, 11) is 0. The second kappa shape index (κ2) is 14.9. The standard InChI is InChI=1S/C36H43N3O7/c1-3-5-17-29(41)45-24-27(26-15-10-7-11-16-26)37-33(42)30-28-18-19-36(46-28)31(30)34(43)39(21-12-22-40)32(36)35(44)38(20-4-2)23-25-13-8-6-9-14-25/h3-4,6-11,13-16,27-28,30-32,40H,1-2,5,12,17-24H2,(H,37,42)/t27-,28-,30+,31+,32-,36+/m1/s1. The van der Waals surface area contributed by atoms with E-state index in [0.717, 1.165) is 11.1 Å². The third-order valence-corrected chi connectivity index (χ3v) is 9.25. The molecule has 2 aromatic rings. The third kappa shape index (κ3) is 6.64. The Kier molecular flexibility index (Phi) is 10.7. The third-order valence-electron chi connectivity index (χ3n) is 9.25. The van der Waals surface area contributed by atoms with E-state index >= 15 is 0 Å². The molecule has 2 aromatic carbocycles. The first-order chi connectivity index (χ1) is 22.3. The highest BCUT2D eigenvalue weighted by molar-refractivity contribution is 5.99. The van der Waals surface area contributed by atoms with Crippen LogP contribution in [0.5, 0.6) is 0 Å². The predicted octanol–water partition coefficient (Wildman–Crippen LogP) is 3.33. The fraction of sp³-hybridized carbons (Fsp3) is 0.444. The average molecular weight is 630 g/mol. The van der Waals surface area contributed by atoms with Crippen LogP contribution in [0.15, 0.2) is 86.0 Å². The summed E-state index contributed by atoms with van der Waals surface area (Å²) in [5, 5.41) is 12.7. The zero-order valence-electron chi connectivity index (χ0n) is 26.1. The number of hydrogen-bond acceptors (Lipinski definition) is 7. The van der Waals surface area contributed by atoms with Gasteiger partial charge in [-0.05, 0) is 36.8 Å². The predicted molar refractivity (Wildman–Crippen MR) is 171 cm³/mol. The number of likely N-dealkylation sites (tertiary alicyclic amines) is 1. The van der Waals surface area contributed by atoms with E-state index in [4.69, 9.17) is 9.47 Å². The van der Waals surface area contributed by atoms with Crippen molar-refractivity contribution in [2.24, 2.45) is 11.8 Å². The minimum absolute atomic E-state index is 0.0759. The fourth-order valence-electron chi connectivity index (χ4n) is 7.22. The molecule has 3 aliphatic rings. The van der Waals surface area contributed by atoms with E-state index < -0.39 is 41.6 Å². The summed E-state index contributed by atoms with van der Waals surface area (Å²) in [5.41, 5.74) is 0.512. The molecule has 10 heteroatoms. The van der Waals surface area contributed by atoms with Gasteiger partial charge in [0.05, 0.1) is 24.0 Å². The molecule has 1 spiro atoms. The Labute approximate surface area is 270 Å². The Morgan fingerprint density at radius 2 is 1.83 bits per heavy atom. The topological polar surface area (TPSA) is 125 Å². The number of esters is 1. The van der Waals surface area contributed by atoms with Crippen LogP contribution in [0.3, 0.4) is 0 Å². The minimum Gasteiger partial charge on any atom is -0.463 e. The van der Waals surface area contributed by atoms with Gasteiger partial charge in [0.1, 0.15) is 18.2 Å². The molecule has 3 saturated heterocycles. The molecule has 46 heavy (non-hydrogen) atoms. The fourth-order valence-corrected chi connectivity index (χ4v) is 7.22. The highest BCUT2D eigenvalue weighted by Gasteiger charge is 2.74. The Morgan fingerprint density at radius 1 is 1.11 bits per heavy atom. The van der Waals surface area contributed by atoms with Crippen molar-refractivity contribution in [2.45, 2.75) is 62.4 Å². The van der Waals surface area contributed by atoms with E-state index in [1.54, 1.807) is 17.1 Å². The number of fused-ring (bicyclic) bond motifs is 1. The maximum Gasteiger partial charge on any atom is 0.306 e. The van der Waals surface area contributed by atoms with Crippen LogP contribution >= 0.6 is 0 Å². The molecule has 3 fully saturated rings. The van der Waals surface area contributed by atoms with E-state index in [0.29, 0.717) is 25.8 Å². The molecular formula is C36H43N3O7. The van der Waals surface area contributed by atoms with Gasteiger partial charge in [-0.1, -0.05) is 72.8 Å². The van der Waals surface area contributed by atoms with Crippen molar-refractivity contribution in [3.63, 3.8) is 0 Å². The molecule has 0 radical (unpaired) electrons. The molecule has 5 rings (SSSR count). The smallest absolute Gasteiger partial charge is 0.306 e. The molecule has 244 valence electrons. The first-order valence-corrected chi connectivity index (χ1v) is 16.0. The lowest BCUT2D eigenvalue weighted by Crippen LogP contribution is -2.56. The highest BCUT2D eigenvalue weighted by atomic mass is 16.5. The van der Waals surface area contributed by atoms with Gasteiger partial charge in [0.15, 0.2) is 0 Å². The molecule has 0 saturated carbocycles. The van der Waals surface area contributed by atoms with Crippen LogP contribution in [0.2, 0.25) is 0 Å². The van der Waals surface area contributed by atoms with Crippen molar-refractivity contribution in [1.29, 1.82) is 0 Å². The summed E-state index contributed by atoms with van der Waals surface area (Å²) in [6.45, 7) is 8.01. The molecule has 3 amide bonds. The Hall–Kier alpha value is -4.28. The second-order valence-electron chi connectivity index (χ2n) is 12.1. The largest absolute Gasteiger partial charge is 0.463 e. The molecular weight excluding hydrogens is 586 g/mol. The number of hydrogen-bond donors (Lipinski definition) is 2. The van der Waals surface area contributed by atoms with Gasteiger partial charge in [0, 0.05) is 32.7 Å². The van der Waals surface area contributed by atoms with Gasteiger partial charge in [-0.3, -0.25) is 19.2 Å². The van der Waals surface area contributed by atoms with E-state index in [9.17, 15) is 24.3 Å². The summed E-state index contributed by atoms with van der Waals surface area (Å²) in [6.07, 6.45) is 4.68. The Balaban J connectivity index is 1.42. The van der Waals surface area contributed by atoms with Crippen molar-refractivity contribution in [2.75, 3.05) is 26.3 Å². The number of carbonyl (C=O) groups is 4. The summed E-state index contributed by atoms with van der Waals surface area (Å²) < 4.78 is 12.1. The molecule has 3 heterocycles. The number of amides is 3. The lowest BCUT2D eigenvalue weighted by Gasteiger charge is -2.37. The molecule has 6 atom stereocenters. The number of carbonyl (C=O) groups excluding carboxylic acids is 4. The first kappa shape index (κ1) is 33.1. The van der Waals surface area contributed by atoms with Crippen molar-refractivity contribution in [3.05, 3.63) is 97.1 Å². The Morgan fingerprint density at radius 3 is 2.50 bits per heavy atom. The average Bonchev–Trinajstić information content (AvgIpc) is 3.72. The lowest BCUT2D eigenvalue weighted by atomic mass is 9.70. The number of nitrogens with zero attached hydrogens (tertiary/aromatic N) is 2. The monoisotopic (exact) mass is 629 g/mol. The number of allylic oxidation sites excluding steroid dienone is 1. The van der Waals surface area contributed by atoms with Crippen LogP contribution in [0.4, 0.5) is 0 Å². The van der Waals surface area contributed by atoms with Crippen LogP contribution in [-0.4, -0.2) is 82.6 Å². The van der Waals surface area contributed by atoms with Gasteiger partial charge in [-0.25, -0.2) is 0 Å². The van der Waals surface area contributed by atoms with Crippen LogP contribution in [0, 0.1) is 11.8 Å². The molecule has 10 nitrogen and oxygen atoms in total. The summed E-state index contributed by atoms with van der Waals surface area (Å²) in [6, 6.07) is 17.2. The number of nitrogens with one attached hydrogen (secondary N) is 1. The van der Waals surface area contributed by atoms with E-state index in [1.807, 2.05) is 60.7 Å². The van der Waals surface area contributed by atoms with Gasteiger partial charge in [-0.2, -0.15) is 0 Å². The number of benzene rings is 2. The summed E-state index contributed by atoms with van der Waals surface area (Å²) >= 11 is 0. The Bertz CT molecular complexity index is 1420. The first-order valence-electron chi connectivity index (χ1n) is 16.0. The van der Waals surface area contributed by atoms with E-state index in [2.05, 4.69) is 18.5 Å². The van der Waals surface area contributed by atoms with Crippen LogP contribution in [-0.2, 0) is 35.2 Å². The molecule has 2 bridgehead atoms. The number of aliphatic hydroxyl groups excluding tert-OH is 1. The van der Waals surface area contributed by atoms with E-state index in [1.165, 1.54) is 4.90 Å². The van der Waals surface area contributed by atoms with Crippen molar-refractivity contribution < 1.29 is 33.8 Å². The van der Waals surface area contributed by atoms with Gasteiger partial charge < -0.3 is 29.7 Å². The zero-order valence-corrected chi connectivity index (χ0v) is 26.1. The van der Waals surface area contributed by atoms with Crippen LogP contribution in [0.25, 0.3) is 0 Å².